The number of nitrogens with zero attached hydrogens (tertiary/aromatic N) is 5. The summed E-state index contributed by atoms with van der Waals surface area (Å²) in [7, 11) is 0. The van der Waals surface area contributed by atoms with Gasteiger partial charge in [0.05, 0.1) is 0 Å². The van der Waals surface area contributed by atoms with E-state index < -0.39 is 0 Å². The Morgan fingerprint density at radius 3 is 2.33 bits per heavy atom. The lowest BCUT2D eigenvalue weighted by atomic mass is 10.1. The molecule has 0 saturated carbocycles. The van der Waals surface area contributed by atoms with Gasteiger partial charge in [-0.05, 0) is 43.2 Å². The Hall–Kier alpha value is -3.15. The number of piperazine rings is 1. The number of rotatable bonds is 4. The first-order valence-electron chi connectivity index (χ1n) is 9.26. The molecular weight excluding hydrogens is 336 g/mol. The average Bonchev–Trinajstić information content (AvgIpc) is 2.72. The Balaban J connectivity index is 1.45. The average molecular weight is 360 g/mol. The first-order chi connectivity index (χ1) is 13.2. The first kappa shape index (κ1) is 17.3. The van der Waals surface area contributed by atoms with Crippen LogP contribution in [0.25, 0.3) is 0 Å². The molecule has 0 spiro atoms. The zero-order valence-electron chi connectivity index (χ0n) is 15.8. The summed E-state index contributed by atoms with van der Waals surface area (Å²) in [5, 5.41) is 3.43. The molecule has 1 saturated heterocycles. The third-order valence-corrected chi connectivity index (χ3v) is 4.89. The monoisotopic (exact) mass is 360 g/mol. The van der Waals surface area contributed by atoms with Crippen LogP contribution in [0.1, 0.15) is 11.1 Å². The Morgan fingerprint density at radius 1 is 0.815 bits per heavy atom. The number of aryl methyl sites for hydroxylation is 2. The summed E-state index contributed by atoms with van der Waals surface area (Å²) >= 11 is 0. The van der Waals surface area contributed by atoms with Gasteiger partial charge in [0.1, 0.15) is 23.8 Å². The number of hydrogen-bond donors (Lipinski definition) is 1. The molecular formula is C21H24N6. The SMILES string of the molecule is Cc1ccc(C)c(Nc2cc(N3CCN(c4ccccn4)CC3)ncn2)c1. The van der Waals surface area contributed by atoms with Gasteiger partial charge in [-0.2, -0.15) is 0 Å². The van der Waals surface area contributed by atoms with E-state index >= 15 is 0 Å². The Bertz CT molecular complexity index is 904. The molecule has 6 heteroatoms. The van der Waals surface area contributed by atoms with Crippen molar-refractivity contribution in [2.75, 3.05) is 41.3 Å². The lowest BCUT2D eigenvalue weighted by Crippen LogP contribution is -2.47. The van der Waals surface area contributed by atoms with E-state index in [2.05, 4.69) is 68.2 Å². The van der Waals surface area contributed by atoms with Crippen LogP contribution in [0, 0.1) is 13.8 Å². The third-order valence-electron chi connectivity index (χ3n) is 4.89. The van der Waals surface area contributed by atoms with E-state index in [1.165, 1.54) is 11.1 Å². The summed E-state index contributed by atoms with van der Waals surface area (Å²) in [6.45, 7) is 7.88. The second kappa shape index (κ2) is 7.61. The van der Waals surface area contributed by atoms with Crippen LogP contribution < -0.4 is 15.1 Å². The fraction of sp³-hybridized carbons (Fsp3) is 0.286. The number of hydrogen-bond acceptors (Lipinski definition) is 6. The molecule has 0 radical (unpaired) electrons. The summed E-state index contributed by atoms with van der Waals surface area (Å²) in [6.07, 6.45) is 3.48. The molecule has 138 valence electrons. The molecule has 0 bridgehead atoms. The van der Waals surface area contributed by atoms with Crippen LogP contribution in [0.4, 0.5) is 23.1 Å². The van der Waals surface area contributed by atoms with Crippen molar-refractivity contribution in [2.45, 2.75) is 13.8 Å². The molecule has 2 aromatic heterocycles. The Labute approximate surface area is 159 Å². The molecule has 1 aliphatic heterocycles. The van der Waals surface area contributed by atoms with Gasteiger partial charge >= 0.3 is 0 Å². The number of nitrogens with one attached hydrogen (secondary N) is 1. The van der Waals surface area contributed by atoms with Crippen LogP contribution in [-0.4, -0.2) is 41.1 Å². The van der Waals surface area contributed by atoms with E-state index in [-0.39, 0.29) is 0 Å². The van der Waals surface area contributed by atoms with Crippen molar-refractivity contribution in [2.24, 2.45) is 0 Å². The molecule has 1 aliphatic rings. The van der Waals surface area contributed by atoms with Crippen molar-refractivity contribution in [3.05, 3.63) is 66.1 Å². The summed E-state index contributed by atoms with van der Waals surface area (Å²) in [4.78, 5) is 17.9. The Kier molecular flexibility index (Phi) is 4.87. The molecule has 3 heterocycles. The maximum Gasteiger partial charge on any atom is 0.135 e. The molecule has 3 aromatic rings. The highest BCUT2D eigenvalue weighted by molar-refractivity contribution is 5.63. The van der Waals surface area contributed by atoms with Crippen molar-refractivity contribution in [3.63, 3.8) is 0 Å². The van der Waals surface area contributed by atoms with Gasteiger partial charge < -0.3 is 15.1 Å². The minimum Gasteiger partial charge on any atom is -0.353 e. The van der Waals surface area contributed by atoms with Crippen LogP contribution in [-0.2, 0) is 0 Å². The van der Waals surface area contributed by atoms with Gasteiger partial charge in [0.25, 0.3) is 0 Å². The third kappa shape index (κ3) is 4.00. The van der Waals surface area contributed by atoms with Crippen molar-refractivity contribution >= 4 is 23.1 Å². The van der Waals surface area contributed by atoms with Crippen molar-refractivity contribution in [1.82, 2.24) is 15.0 Å². The number of pyridine rings is 1. The van der Waals surface area contributed by atoms with E-state index in [9.17, 15) is 0 Å². The van der Waals surface area contributed by atoms with E-state index in [0.717, 1.165) is 49.3 Å². The predicted molar refractivity (Wildman–Crippen MR) is 110 cm³/mol. The minimum atomic E-state index is 0.820. The number of anilines is 4. The maximum absolute atomic E-state index is 4.48. The highest BCUT2D eigenvalue weighted by Crippen LogP contribution is 2.23. The predicted octanol–water partition coefficient (Wildman–Crippen LogP) is 3.56. The topological polar surface area (TPSA) is 57.2 Å². The second-order valence-electron chi connectivity index (χ2n) is 6.87. The summed E-state index contributed by atoms with van der Waals surface area (Å²) < 4.78 is 0. The fourth-order valence-corrected chi connectivity index (χ4v) is 3.30. The lowest BCUT2D eigenvalue weighted by Gasteiger charge is -2.36. The second-order valence-corrected chi connectivity index (χ2v) is 6.87. The number of aromatic nitrogens is 3. The van der Waals surface area contributed by atoms with Crippen LogP contribution in [0.15, 0.2) is 55.0 Å². The van der Waals surface area contributed by atoms with Gasteiger partial charge in [-0.15, -0.1) is 0 Å². The lowest BCUT2D eigenvalue weighted by molar-refractivity contribution is 0.641. The molecule has 1 aromatic carbocycles. The molecule has 6 nitrogen and oxygen atoms in total. The Morgan fingerprint density at radius 2 is 1.59 bits per heavy atom. The molecule has 0 aliphatic carbocycles. The highest BCUT2D eigenvalue weighted by atomic mass is 15.3. The van der Waals surface area contributed by atoms with Gasteiger partial charge in [-0.1, -0.05) is 18.2 Å². The van der Waals surface area contributed by atoms with Crippen LogP contribution in [0.5, 0.6) is 0 Å². The van der Waals surface area contributed by atoms with Gasteiger partial charge in [-0.3, -0.25) is 0 Å². The minimum absolute atomic E-state index is 0.820. The molecule has 0 amide bonds. The van der Waals surface area contributed by atoms with E-state index in [0.29, 0.717) is 0 Å². The zero-order chi connectivity index (χ0) is 18.6. The van der Waals surface area contributed by atoms with E-state index in [4.69, 9.17) is 0 Å². The molecule has 1 N–H and O–H groups in total. The highest BCUT2D eigenvalue weighted by Gasteiger charge is 2.19. The van der Waals surface area contributed by atoms with Gasteiger partial charge in [0.2, 0.25) is 0 Å². The van der Waals surface area contributed by atoms with Gasteiger partial charge in [-0.25, -0.2) is 15.0 Å². The normalized spacial score (nSPS) is 14.3. The summed E-state index contributed by atoms with van der Waals surface area (Å²) in [5.74, 6) is 2.82. The van der Waals surface area contributed by atoms with Crippen molar-refractivity contribution in [1.29, 1.82) is 0 Å². The van der Waals surface area contributed by atoms with E-state index in [1.54, 1.807) is 6.33 Å². The number of benzene rings is 1. The molecule has 1 fully saturated rings. The largest absolute Gasteiger partial charge is 0.353 e. The fourth-order valence-electron chi connectivity index (χ4n) is 3.30. The standard InChI is InChI=1S/C21H24N6/c1-16-6-7-17(2)18(13-16)25-19-14-21(24-15-23-19)27-11-9-26(10-12-27)20-5-3-4-8-22-20/h3-8,13-15H,9-12H2,1-2H3,(H,23,24,25). The molecule has 0 atom stereocenters. The first-order valence-corrected chi connectivity index (χ1v) is 9.26. The summed E-state index contributed by atoms with van der Waals surface area (Å²) in [5.41, 5.74) is 3.51. The van der Waals surface area contributed by atoms with Gasteiger partial charge in [0, 0.05) is 44.1 Å². The van der Waals surface area contributed by atoms with Gasteiger partial charge in [0.15, 0.2) is 0 Å². The maximum atomic E-state index is 4.48. The van der Waals surface area contributed by atoms with E-state index in [1.807, 2.05) is 24.4 Å². The quantitative estimate of drug-likeness (QED) is 0.768. The summed E-state index contributed by atoms with van der Waals surface area (Å²) in [6, 6.07) is 14.5. The van der Waals surface area contributed by atoms with Crippen LogP contribution >= 0.6 is 0 Å². The van der Waals surface area contributed by atoms with Crippen LogP contribution in [0.2, 0.25) is 0 Å². The molecule has 0 unspecified atom stereocenters. The molecule has 27 heavy (non-hydrogen) atoms. The smallest absolute Gasteiger partial charge is 0.135 e. The molecule has 4 rings (SSSR count). The zero-order valence-corrected chi connectivity index (χ0v) is 15.8. The van der Waals surface area contributed by atoms with Crippen LogP contribution in [0.3, 0.4) is 0 Å². The van der Waals surface area contributed by atoms with Crippen molar-refractivity contribution < 1.29 is 0 Å². The van der Waals surface area contributed by atoms with Crippen molar-refractivity contribution in [3.8, 4) is 0 Å².